The fraction of sp³-hybridized carbons (Fsp3) is 0.800. The van der Waals surface area contributed by atoms with Gasteiger partial charge in [0.2, 0.25) is 0 Å². The van der Waals surface area contributed by atoms with Crippen LogP contribution in [0, 0.1) is 0 Å². The molecule has 0 amide bonds. The normalized spacial score (nSPS) is 11.8. The van der Waals surface area contributed by atoms with Gasteiger partial charge in [0.1, 0.15) is 0 Å². The van der Waals surface area contributed by atoms with Crippen molar-refractivity contribution in [3.05, 3.63) is 0 Å². The number of aliphatic carboxylic acids is 1. The first-order valence-corrected chi connectivity index (χ1v) is 2.46. The van der Waals surface area contributed by atoms with Gasteiger partial charge in [-0.15, -0.1) is 0 Å². The van der Waals surface area contributed by atoms with Crippen LogP contribution in [-0.2, 0) is 9.53 Å². The number of carboxylic acids is 1. The maximum absolute atomic E-state index is 9.93. The second-order valence-electron chi connectivity index (χ2n) is 1.45. The molecular formula is C5H9NaO3. The molecule has 0 N–H and O–H groups in total. The Morgan fingerprint density at radius 2 is 2.22 bits per heavy atom. The van der Waals surface area contributed by atoms with E-state index in [1.165, 1.54) is 7.11 Å². The Bertz CT molecular complexity index is 80.3. The summed E-state index contributed by atoms with van der Waals surface area (Å²) in [6, 6.07) is 0. The summed E-state index contributed by atoms with van der Waals surface area (Å²) in [6.45, 7) is 1.73. The standard InChI is InChI=1S/C5H10O3.Na/c1-3-4(8-2)5(6)7;/h4H,3H2,1-2H3,(H,6,7);/q;+1/p-1. The van der Waals surface area contributed by atoms with Crippen LogP contribution in [0.15, 0.2) is 0 Å². The minimum atomic E-state index is -1.14. The summed E-state index contributed by atoms with van der Waals surface area (Å²) >= 11 is 0. The number of methoxy groups -OCH3 is 1. The molecule has 1 atom stereocenters. The summed E-state index contributed by atoms with van der Waals surface area (Å²) in [5, 5.41) is 9.93. The Morgan fingerprint density at radius 3 is 2.22 bits per heavy atom. The van der Waals surface area contributed by atoms with Crippen molar-refractivity contribution in [3.8, 4) is 0 Å². The van der Waals surface area contributed by atoms with Crippen molar-refractivity contribution >= 4 is 5.97 Å². The third kappa shape index (κ3) is 4.90. The predicted octanol–water partition coefficient (Wildman–Crippen LogP) is -3.83. The van der Waals surface area contributed by atoms with Crippen LogP contribution in [0.25, 0.3) is 0 Å². The van der Waals surface area contributed by atoms with Crippen molar-refractivity contribution in [2.45, 2.75) is 19.4 Å². The summed E-state index contributed by atoms with van der Waals surface area (Å²) in [7, 11) is 1.35. The third-order valence-corrected chi connectivity index (χ3v) is 0.918. The second-order valence-corrected chi connectivity index (χ2v) is 1.45. The van der Waals surface area contributed by atoms with E-state index >= 15 is 0 Å². The SMILES string of the molecule is CCC(OC)C(=O)[O-].[Na+]. The summed E-state index contributed by atoms with van der Waals surface area (Å²) in [5.74, 6) is -1.14. The quantitative estimate of drug-likeness (QED) is 0.377. The summed E-state index contributed by atoms with van der Waals surface area (Å²) in [4.78, 5) is 9.93. The van der Waals surface area contributed by atoms with Gasteiger partial charge in [0, 0.05) is 7.11 Å². The monoisotopic (exact) mass is 140 g/mol. The van der Waals surface area contributed by atoms with Crippen molar-refractivity contribution in [2.24, 2.45) is 0 Å². The smallest absolute Gasteiger partial charge is 0.547 e. The van der Waals surface area contributed by atoms with Crippen LogP contribution in [0.4, 0.5) is 0 Å². The van der Waals surface area contributed by atoms with E-state index in [9.17, 15) is 9.90 Å². The molecule has 48 valence electrons. The first-order chi connectivity index (χ1) is 3.72. The van der Waals surface area contributed by atoms with Gasteiger partial charge < -0.3 is 14.6 Å². The van der Waals surface area contributed by atoms with E-state index in [0.717, 1.165) is 0 Å². The predicted molar refractivity (Wildman–Crippen MR) is 26.1 cm³/mol. The van der Waals surface area contributed by atoms with Gasteiger partial charge in [0.05, 0.1) is 12.1 Å². The van der Waals surface area contributed by atoms with Gasteiger partial charge in [-0.2, -0.15) is 0 Å². The summed E-state index contributed by atoms with van der Waals surface area (Å²) < 4.78 is 4.50. The largest absolute Gasteiger partial charge is 1.00 e. The molecule has 0 aliphatic carbocycles. The molecule has 3 nitrogen and oxygen atoms in total. The number of ether oxygens (including phenoxy) is 1. The van der Waals surface area contributed by atoms with Gasteiger partial charge in [-0.3, -0.25) is 0 Å². The van der Waals surface area contributed by atoms with E-state index in [2.05, 4.69) is 4.74 Å². The van der Waals surface area contributed by atoms with E-state index in [1.807, 2.05) is 0 Å². The van der Waals surface area contributed by atoms with Gasteiger partial charge in [-0.05, 0) is 6.42 Å². The molecule has 0 aromatic rings. The van der Waals surface area contributed by atoms with E-state index in [-0.39, 0.29) is 29.6 Å². The second kappa shape index (κ2) is 6.55. The molecule has 0 radical (unpaired) electrons. The van der Waals surface area contributed by atoms with Crippen LogP contribution in [-0.4, -0.2) is 19.2 Å². The average Bonchev–Trinajstić information content (AvgIpc) is 1.69. The van der Waals surface area contributed by atoms with Crippen LogP contribution in [0.2, 0.25) is 0 Å². The maximum Gasteiger partial charge on any atom is 1.00 e. The van der Waals surface area contributed by atoms with Crippen molar-refractivity contribution in [3.63, 3.8) is 0 Å². The van der Waals surface area contributed by atoms with Gasteiger partial charge in [-0.1, -0.05) is 6.92 Å². The molecular weight excluding hydrogens is 131 g/mol. The van der Waals surface area contributed by atoms with Crippen molar-refractivity contribution in [1.29, 1.82) is 0 Å². The first-order valence-electron chi connectivity index (χ1n) is 2.46. The van der Waals surface area contributed by atoms with E-state index in [4.69, 9.17) is 0 Å². The Balaban J connectivity index is 0. The molecule has 1 unspecified atom stereocenters. The van der Waals surface area contributed by atoms with Gasteiger partial charge in [0.15, 0.2) is 0 Å². The molecule has 0 saturated heterocycles. The van der Waals surface area contributed by atoms with E-state index in [1.54, 1.807) is 6.92 Å². The topological polar surface area (TPSA) is 49.4 Å². The van der Waals surface area contributed by atoms with Crippen LogP contribution in [0.1, 0.15) is 13.3 Å². The molecule has 4 heteroatoms. The zero-order chi connectivity index (χ0) is 6.57. The number of hydrogen-bond donors (Lipinski definition) is 0. The third-order valence-electron chi connectivity index (χ3n) is 0.918. The van der Waals surface area contributed by atoms with Crippen LogP contribution in [0.5, 0.6) is 0 Å². The average molecular weight is 140 g/mol. The number of hydrogen-bond acceptors (Lipinski definition) is 3. The maximum atomic E-state index is 9.93. The molecule has 0 rings (SSSR count). The number of carbonyl (C=O) groups excluding carboxylic acids is 1. The van der Waals surface area contributed by atoms with Crippen LogP contribution < -0.4 is 34.7 Å². The van der Waals surface area contributed by atoms with E-state index < -0.39 is 12.1 Å². The van der Waals surface area contributed by atoms with Crippen molar-refractivity contribution in [2.75, 3.05) is 7.11 Å². The molecule has 0 saturated carbocycles. The van der Waals surface area contributed by atoms with Gasteiger partial charge in [0.25, 0.3) is 0 Å². The molecule has 0 spiro atoms. The molecule has 0 aliphatic heterocycles. The molecule has 0 aromatic heterocycles. The molecule has 0 aromatic carbocycles. The Kier molecular flexibility index (Phi) is 8.83. The van der Waals surface area contributed by atoms with Crippen LogP contribution >= 0.6 is 0 Å². The first kappa shape index (κ1) is 12.1. The number of rotatable bonds is 3. The van der Waals surface area contributed by atoms with Crippen molar-refractivity contribution in [1.82, 2.24) is 0 Å². The minimum Gasteiger partial charge on any atom is -0.547 e. The van der Waals surface area contributed by atoms with E-state index in [0.29, 0.717) is 6.42 Å². The Labute approximate surface area is 76.7 Å². The minimum absolute atomic E-state index is 0. The zero-order valence-electron chi connectivity index (χ0n) is 6.01. The Hall–Kier alpha value is 0.430. The van der Waals surface area contributed by atoms with Gasteiger partial charge in [-0.25, -0.2) is 0 Å². The van der Waals surface area contributed by atoms with Crippen LogP contribution in [0.3, 0.4) is 0 Å². The van der Waals surface area contributed by atoms with Gasteiger partial charge >= 0.3 is 29.6 Å². The molecule has 0 heterocycles. The summed E-state index contributed by atoms with van der Waals surface area (Å²) in [6.07, 6.45) is -0.284. The molecule has 9 heavy (non-hydrogen) atoms. The number of carbonyl (C=O) groups is 1. The zero-order valence-corrected chi connectivity index (χ0v) is 8.01. The molecule has 0 bridgehead atoms. The Morgan fingerprint density at radius 1 is 1.78 bits per heavy atom. The molecule has 0 fully saturated rings. The summed E-state index contributed by atoms with van der Waals surface area (Å²) in [5.41, 5.74) is 0. The van der Waals surface area contributed by atoms with Crippen molar-refractivity contribution < 1.29 is 44.2 Å². The molecule has 0 aliphatic rings. The fourth-order valence-corrected chi connectivity index (χ4v) is 0.430. The number of carboxylic acid groups (broad SMARTS) is 1. The fourth-order valence-electron chi connectivity index (χ4n) is 0.430.